The number of carbonyl (C=O) groups excluding carboxylic acids is 4. The number of piperidine rings is 5. The van der Waals surface area contributed by atoms with Crippen molar-refractivity contribution in [3.05, 3.63) is 204 Å². The predicted octanol–water partition coefficient (Wildman–Crippen LogP) is 15.0. The van der Waals surface area contributed by atoms with E-state index in [2.05, 4.69) is 82.8 Å². The van der Waals surface area contributed by atoms with Gasteiger partial charge in [0.15, 0.2) is 22.6 Å². The van der Waals surface area contributed by atoms with E-state index in [1.54, 1.807) is 42.1 Å². The van der Waals surface area contributed by atoms with Gasteiger partial charge in [-0.15, -0.1) is 0 Å². The van der Waals surface area contributed by atoms with Crippen LogP contribution in [-0.4, -0.2) is 285 Å². The summed E-state index contributed by atoms with van der Waals surface area (Å²) >= 11 is 18.6. The van der Waals surface area contributed by atoms with Crippen LogP contribution >= 0.6 is 34.8 Å². The average molecular weight is 2160 g/mol. The van der Waals surface area contributed by atoms with Crippen molar-refractivity contribution >= 4 is 157 Å². The number of amides is 4. The quantitative estimate of drug-likeness (QED) is 0.0436. The van der Waals surface area contributed by atoms with Crippen LogP contribution in [-0.2, 0) is 54.4 Å². The Labute approximate surface area is 880 Å². The zero-order valence-electron chi connectivity index (χ0n) is 84.5. The number of ether oxygens (including phenoxy) is 1. The van der Waals surface area contributed by atoms with Crippen LogP contribution in [0.3, 0.4) is 0 Å². The van der Waals surface area contributed by atoms with Crippen LogP contribution in [0, 0.1) is 18.8 Å². The van der Waals surface area contributed by atoms with Gasteiger partial charge in [-0.3, -0.25) is 43.2 Å². The summed E-state index contributed by atoms with van der Waals surface area (Å²) in [4.78, 5) is 99.4. The average Bonchev–Trinajstić information content (AvgIpc) is 1.60. The van der Waals surface area contributed by atoms with Crippen molar-refractivity contribution in [2.45, 2.75) is 187 Å². The number of likely N-dealkylation sites (tertiary alicyclic amines) is 4. The predicted molar refractivity (Wildman–Crippen MR) is 570 cm³/mol. The lowest BCUT2D eigenvalue weighted by molar-refractivity contribution is 0.0333. The number of alkyl halides is 2. The maximum atomic E-state index is 14.0. The fourth-order valence-electron chi connectivity index (χ4n) is 21.4. The number of fused-ring (bicyclic) bond motifs is 4. The SMILES string of the molecule is CCc1ccnc(C(=O)N2CCCC[C@H]2c2cc3nc(N4CC[C@H](C)C4)c(C)cn3n2)c1.CS(=O)(=O)Nc1ccc(Cl)cc1C(=O)N1CCCC[C@H]1c1cc2nc(N3CCC3)cc(CN3CCOCC3)n2n1.CS(=O)(=O)Nc1ccc(Cl)cc1C(=O)N1CCCC[C@H]1c1cc2nc(N3CCC3)cc(CO)n2n1.CS(=O)(=O)Nc1ccc(Cl)cc1C(=O)N1CCCC[C@H]1c1cc2nc(N3CCC3)cc(N3CCC[C@@H](C(F)F)C3)n2n1. The molecule has 10 aliphatic heterocycles. The fourth-order valence-corrected chi connectivity index (χ4v) is 23.7. The molecule has 0 radical (unpaired) electrons. The molecule has 10 aliphatic rings. The van der Waals surface area contributed by atoms with Gasteiger partial charge in [0.1, 0.15) is 34.8 Å². The third-order valence-electron chi connectivity index (χ3n) is 29.5. The second kappa shape index (κ2) is 45.3. The number of halogens is 5. The van der Waals surface area contributed by atoms with Gasteiger partial charge in [-0.25, -0.2) is 67.5 Å². The van der Waals surface area contributed by atoms with E-state index in [1.807, 2.05) is 61.3 Å². The molecule has 6 atom stereocenters. The molecule has 0 aliphatic carbocycles. The summed E-state index contributed by atoms with van der Waals surface area (Å²) < 4.78 is 119. The second-order valence-corrected chi connectivity index (χ2v) is 47.1. The third-order valence-corrected chi connectivity index (χ3v) is 32.0. The van der Waals surface area contributed by atoms with Gasteiger partial charge in [0.05, 0.1) is 131 Å². The van der Waals surface area contributed by atoms with Gasteiger partial charge in [-0.1, -0.05) is 48.7 Å². The zero-order chi connectivity index (χ0) is 104. The monoisotopic (exact) mass is 2160 g/mol. The van der Waals surface area contributed by atoms with Crippen LogP contribution < -0.4 is 38.7 Å². The number of nitrogens with zero attached hydrogens (tertiary/aromatic N) is 23. The number of pyridine rings is 1. The van der Waals surface area contributed by atoms with E-state index < -0.39 is 42.4 Å². The standard InChI is InChI=1S/C28H34ClF2N7O3S.C27H34ClN7O4S.C25H32N6O.C23H27ClN6O4S/c1-42(40,41)34-21-9-8-19(29)14-20(21)28(39)37-13-3-2-7-23(37)22-15-25-32-24(35-11-5-12-35)16-26(38(25)33-22)36-10-4-6-18(17-36)27(30)31;1-40(37,38)31-22-7-6-19(28)15-21(22)27(36)34-10-3-2-5-24(34)23-17-26-29-25(33-8-4-9-33)16-20(35(26)30-23)18-32-11-13-39-14-12-32;1-4-19-8-10-26-21(13-19)25(32)30-11-6-5-7-22(30)20-14-23-27-24(18(3)16-31(23)28-20)29-12-9-17(2)15-29;1-35(33,34)27-18-7-6-15(24)11-17(18)23(32)29-10-3-2-5-20(29)19-13-22-25-21(28-8-4-9-28)12-16(14-31)30(22)26-19/h8-9,14-16,18,23,27,34H,2-7,10-13,17H2,1H3;6-7,15-17,24,31H,2-5,8-14,18H2,1H3;8,10,13-14,16-17,22H,4-7,9,11-12,15H2,1-3H3;6-7,11-13,20,27,31H,2-5,8-10,14H2,1H3/t18-,23+;24-;17-,22-;20-/m1000/s1. The number of anilines is 8. The van der Waals surface area contributed by atoms with Crippen molar-refractivity contribution in [1.82, 2.24) is 87.9 Å². The Kier molecular flexibility index (Phi) is 32.1. The Hall–Kier alpha value is -12.0. The normalized spacial score (nSPS) is 20.6. The zero-order valence-corrected chi connectivity index (χ0v) is 89.2. The summed E-state index contributed by atoms with van der Waals surface area (Å²) in [6, 6.07) is 30.2. The molecule has 0 spiro atoms. The number of sulfonamides is 3. The molecule has 3 aromatic carbocycles. The molecule has 46 heteroatoms. The Morgan fingerprint density at radius 3 is 1.30 bits per heavy atom. The molecule has 794 valence electrons. The highest BCUT2D eigenvalue weighted by atomic mass is 35.5. The lowest BCUT2D eigenvalue weighted by atomic mass is 9.98. The summed E-state index contributed by atoms with van der Waals surface area (Å²) in [5, 5.41) is 30.5. The van der Waals surface area contributed by atoms with Gasteiger partial charge in [0.25, 0.3) is 23.6 Å². The lowest BCUT2D eigenvalue weighted by Gasteiger charge is -2.36. The van der Waals surface area contributed by atoms with Gasteiger partial charge < -0.3 is 53.9 Å². The van der Waals surface area contributed by atoms with Gasteiger partial charge in [-0.2, -0.15) is 24.9 Å². The number of hydrogen-bond acceptors (Lipinski definition) is 27. The van der Waals surface area contributed by atoms with E-state index in [0.29, 0.717) is 107 Å². The first-order valence-corrected chi connectivity index (χ1v) is 58.4. The summed E-state index contributed by atoms with van der Waals surface area (Å²) in [6.45, 7) is 21.1. The maximum absolute atomic E-state index is 14.0. The number of benzene rings is 3. The first kappa shape index (κ1) is 106. The van der Waals surface area contributed by atoms with Crippen LogP contribution in [0.1, 0.15) is 240 Å². The van der Waals surface area contributed by atoms with Crippen molar-refractivity contribution in [1.29, 1.82) is 0 Å². The molecule has 10 fully saturated rings. The summed E-state index contributed by atoms with van der Waals surface area (Å²) in [6.07, 6.45) is 21.5. The topological polar surface area (TPSA) is 402 Å². The third kappa shape index (κ3) is 24.3. The minimum atomic E-state index is -3.64. The molecule has 12 aromatic rings. The number of aliphatic hydroxyl groups excluding tert-OH is 1. The van der Waals surface area contributed by atoms with E-state index >= 15 is 0 Å². The maximum Gasteiger partial charge on any atom is 0.273 e. The first-order chi connectivity index (χ1) is 71.6. The van der Waals surface area contributed by atoms with Crippen LogP contribution in [0.15, 0.2) is 122 Å². The number of aryl methyl sites for hydroxylation is 2. The lowest BCUT2D eigenvalue weighted by Crippen LogP contribution is -2.40. The Morgan fingerprint density at radius 2 is 0.866 bits per heavy atom. The van der Waals surface area contributed by atoms with E-state index in [-0.39, 0.29) is 94.7 Å². The highest BCUT2D eigenvalue weighted by Crippen LogP contribution is 2.43. The van der Waals surface area contributed by atoms with E-state index in [4.69, 9.17) is 79.9 Å². The minimum Gasteiger partial charge on any atom is -0.390 e. The number of hydrogen-bond donors (Lipinski definition) is 4. The second-order valence-electron chi connectivity index (χ2n) is 40.5. The molecular weight excluding hydrogens is 2030 g/mol. The fraction of sp³-hybridized carbons (Fsp3) is 0.505. The van der Waals surface area contributed by atoms with Crippen molar-refractivity contribution in [3.63, 3.8) is 0 Å². The van der Waals surface area contributed by atoms with Gasteiger partial charge in [0.2, 0.25) is 36.5 Å². The Bertz CT molecular complexity index is 7350. The highest BCUT2D eigenvalue weighted by Gasteiger charge is 2.41. The number of aromatic nitrogens is 13. The number of carbonyl (C=O) groups is 4. The molecule has 0 unspecified atom stereocenters. The van der Waals surface area contributed by atoms with Crippen molar-refractivity contribution in [2.24, 2.45) is 11.8 Å². The molecular formula is C103H127Cl3F2N26O12S3. The molecule has 149 heavy (non-hydrogen) atoms. The number of rotatable bonds is 24. The van der Waals surface area contributed by atoms with Crippen molar-refractivity contribution in [3.8, 4) is 0 Å². The highest BCUT2D eigenvalue weighted by molar-refractivity contribution is 7.92. The Balaban J connectivity index is 0.000000125. The molecule has 10 saturated heterocycles. The molecule has 4 N–H and O–H groups in total. The number of nitrogens with one attached hydrogen (secondary N) is 3. The van der Waals surface area contributed by atoms with Gasteiger partial charge in [0, 0.05) is 193 Å². The first-order valence-electron chi connectivity index (χ1n) is 51.6. The van der Waals surface area contributed by atoms with Crippen molar-refractivity contribution in [2.75, 3.05) is 175 Å². The molecule has 0 saturated carbocycles. The van der Waals surface area contributed by atoms with Crippen molar-refractivity contribution < 1.29 is 63.1 Å². The van der Waals surface area contributed by atoms with Gasteiger partial charge >= 0.3 is 0 Å². The smallest absolute Gasteiger partial charge is 0.273 e. The van der Waals surface area contributed by atoms with E-state index in [9.17, 15) is 58.3 Å². The summed E-state index contributed by atoms with van der Waals surface area (Å²) in [5.41, 5.74) is 11.5. The van der Waals surface area contributed by atoms with Crippen LogP contribution in [0.2, 0.25) is 15.1 Å². The largest absolute Gasteiger partial charge is 0.390 e. The van der Waals surface area contributed by atoms with E-state index in [0.717, 1.165) is 269 Å². The minimum absolute atomic E-state index is 0.00191. The number of morpholine rings is 1. The van der Waals surface area contributed by atoms with Crippen LogP contribution in [0.5, 0.6) is 0 Å². The van der Waals surface area contributed by atoms with Crippen LogP contribution in [0.25, 0.3) is 22.6 Å². The van der Waals surface area contributed by atoms with Crippen LogP contribution in [0.4, 0.5) is 54.9 Å². The molecule has 22 rings (SSSR count). The number of aliphatic hydroxyl groups is 1. The molecule has 38 nitrogen and oxygen atoms in total. The summed E-state index contributed by atoms with van der Waals surface area (Å²) in [7, 11) is -10.8. The molecule has 4 amide bonds. The Morgan fingerprint density at radius 1 is 0.443 bits per heavy atom. The molecule has 0 bridgehead atoms. The molecule has 9 aromatic heterocycles. The summed E-state index contributed by atoms with van der Waals surface area (Å²) in [5.74, 6) is 3.39. The molecule has 19 heterocycles. The van der Waals surface area contributed by atoms with Gasteiger partial charge in [-0.05, 0) is 207 Å². The van der Waals surface area contributed by atoms with E-state index in [1.165, 1.54) is 48.9 Å².